The summed E-state index contributed by atoms with van der Waals surface area (Å²) in [6.07, 6.45) is 1.92. The Morgan fingerprint density at radius 2 is 1.71 bits per heavy atom. The van der Waals surface area contributed by atoms with Gasteiger partial charge < -0.3 is 4.90 Å². The van der Waals surface area contributed by atoms with E-state index in [2.05, 4.69) is 20.8 Å². The van der Waals surface area contributed by atoms with E-state index in [1.54, 1.807) is 17.0 Å². The lowest BCUT2D eigenvalue weighted by molar-refractivity contribution is -0.117. The number of hydrogen-bond donors (Lipinski definition) is 0. The van der Waals surface area contributed by atoms with Crippen molar-refractivity contribution in [1.82, 2.24) is 0 Å². The summed E-state index contributed by atoms with van der Waals surface area (Å²) in [6, 6.07) is 15.2. The molecule has 0 saturated carbocycles. The fourth-order valence-electron chi connectivity index (χ4n) is 3.67. The van der Waals surface area contributed by atoms with Crippen LogP contribution >= 0.6 is 0 Å². The Kier molecular flexibility index (Phi) is 5.28. The van der Waals surface area contributed by atoms with Crippen molar-refractivity contribution < 1.29 is 13.2 Å². The van der Waals surface area contributed by atoms with Gasteiger partial charge in [0.05, 0.1) is 11.9 Å². The molecule has 3 rings (SSSR count). The number of hydrogen-bond acceptors (Lipinski definition) is 3. The van der Waals surface area contributed by atoms with Gasteiger partial charge in [-0.25, -0.2) is 8.42 Å². The molecule has 6 heteroatoms. The molecule has 2 aromatic rings. The Morgan fingerprint density at radius 3 is 2.29 bits per heavy atom. The molecule has 1 aliphatic heterocycles. The van der Waals surface area contributed by atoms with Crippen molar-refractivity contribution in [3.05, 3.63) is 59.7 Å². The van der Waals surface area contributed by atoms with Gasteiger partial charge in [-0.15, -0.1) is 0 Å². The predicted octanol–water partition coefficient (Wildman–Crippen LogP) is 3.73. The number of benzene rings is 2. The topological polar surface area (TPSA) is 57.7 Å². The molecule has 1 unspecified atom stereocenters. The molecule has 0 fully saturated rings. The van der Waals surface area contributed by atoms with E-state index in [0.717, 1.165) is 29.5 Å². The van der Waals surface area contributed by atoms with Crippen molar-refractivity contribution in [2.24, 2.45) is 0 Å². The lowest BCUT2D eigenvalue weighted by atomic mass is 9.87. The van der Waals surface area contributed by atoms with E-state index in [0.29, 0.717) is 5.69 Å². The lowest BCUT2D eigenvalue weighted by Crippen LogP contribution is -2.45. The molecule has 0 spiro atoms. The molecule has 0 radical (unpaired) electrons. The van der Waals surface area contributed by atoms with E-state index in [-0.39, 0.29) is 23.9 Å². The van der Waals surface area contributed by atoms with Crippen LogP contribution in [0.15, 0.2) is 48.5 Å². The molecular weight excluding hydrogens is 372 g/mol. The number of amides is 1. The zero-order chi connectivity index (χ0) is 20.7. The van der Waals surface area contributed by atoms with Crippen molar-refractivity contribution in [1.29, 1.82) is 0 Å². The highest BCUT2D eigenvalue weighted by molar-refractivity contribution is 7.92. The molecule has 1 aliphatic rings. The second kappa shape index (κ2) is 7.24. The first-order chi connectivity index (χ1) is 13.0. The quantitative estimate of drug-likeness (QED) is 0.786. The number of anilines is 2. The summed E-state index contributed by atoms with van der Waals surface area (Å²) in [7, 11) is -3.60. The van der Waals surface area contributed by atoms with Gasteiger partial charge in [0, 0.05) is 11.7 Å². The standard InChI is InChI=1S/C22H28N2O3S/c1-16-14-17-8-6-7-9-20(17)24(16)21(25)15-23(28(5,26)27)19-12-10-18(11-13-19)22(2,3)4/h6-13,16H,14-15H2,1-5H3. The first kappa shape index (κ1) is 20.4. The number of para-hydroxylation sites is 1. The monoisotopic (exact) mass is 400 g/mol. The summed E-state index contributed by atoms with van der Waals surface area (Å²) in [6.45, 7) is 8.08. The maximum Gasteiger partial charge on any atom is 0.248 e. The molecule has 1 atom stereocenters. The zero-order valence-corrected chi connectivity index (χ0v) is 18.0. The van der Waals surface area contributed by atoms with Crippen molar-refractivity contribution in [2.45, 2.75) is 45.6 Å². The number of carbonyl (C=O) groups is 1. The van der Waals surface area contributed by atoms with Crippen LogP contribution < -0.4 is 9.21 Å². The van der Waals surface area contributed by atoms with Crippen LogP contribution in [0.25, 0.3) is 0 Å². The van der Waals surface area contributed by atoms with E-state index < -0.39 is 10.0 Å². The number of rotatable bonds is 4. The van der Waals surface area contributed by atoms with Crippen LogP contribution in [-0.2, 0) is 26.7 Å². The summed E-state index contributed by atoms with van der Waals surface area (Å²) in [5.41, 5.74) is 3.57. The van der Waals surface area contributed by atoms with E-state index in [9.17, 15) is 13.2 Å². The largest absolute Gasteiger partial charge is 0.307 e. The van der Waals surface area contributed by atoms with Crippen molar-refractivity contribution in [3.63, 3.8) is 0 Å². The second-order valence-electron chi connectivity index (χ2n) is 8.51. The number of sulfonamides is 1. The normalized spacial score (nSPS) is 16.8. The number of carbonyl (C=O) groups excluding carboxylic acids is 1. The third kappa shape index (κ3) is 4.07. The first-order valence-corrected chi connectivity index (χ1v) is 11.3. The van der Waals surface area contributed by atoms with E-state index >= 15 is 0 Å². The molecule has 1 amide bonds. The highest BCUT2D eigenvalue weighted by Gasteiger charge is 2.33. The van der Waals surface area contributed by atoms with Gasteiger partial charge in [-0.2, -0.15) is 0 Å². The molecule has 0 N–H and O–H groups in total. The van der Waals surface area contributed by atoms with Gasteiger partial charge in [-0.1, -0.05) is 51.1 Å². The zero-order valence-electron chi connectivity index (χ0n) is 17.1. The van der Waals surface area contributed by atoms with Gasteiger partial charge >= 0.3 is 0 Å². The average Bonchev–Trinajstić information content (AvgIpc) is 2.93. The van der Waals surface area contributed by atoms with Crippen molar-refractivity contribution in [3.8, 4) is 0 Å². The van der Waals surface area contributed by atoms with Gasteiger partial charge in [0.2, 0.25) is 15.9 Å². The Bertz CT molecular complexity index is 976. The Balaban J connectivity index is 1.89. The molecule has 2 aromatic carbocycles. The molecule has 0 aliphatic carbocycles. The fourth-order valence-corrected chi connectivity index (χ4v) is 4.52. The summed E-state index contributed by atoms with van der Waals surface area (Å²) in [5.74, 6) is -0.220. The summed E-state index contributed by atoms with van der Waals surface area (Å²) < 4.78 is 26.1. The molecule has 28 heavy (non-hydrogen) atoms. The van der Waals surface area contributed by atoms with Crippen molar-refractivity contribution in [2.75, 3.05) is 22.0 Å². The lowest BCUT2D eigenvalue weighted by Gasteiger charge is -2.28. The second-order valence-corrected chi connectivity index (χ2v) is 10.4. The maximum absolute atomic E-state index is 13.1. The van der Waals surface area contributed by atoms with E-state index in [1.807, 2.05) is 43.3 Å². The molecular formula is C22H28N2O3S. The summed E-state index contributed by atoms with van der Waals surface area (Å²) in [4.78, 5) is 14.8. The molecule has 150 valence electrons. The van der Waals surface area contributed by atoms with Crippen LogP contribution in [0.4, 0.5) is 11.4 Å². The third-order valence-corrected chi connectivity index (χ3v) is 6.32. The average molecular weight is 401 g/mol. The highest BCUT2D eigenvalue weighted by Crippen LogP contribution is 2.32. The van der Waals surface area contributed by atoms with Crippen LogP contribution in [0.3, 0.4) is 0 Å². The molecule has 0 aromatic heterocycles. The minimum atomic E-state index is -3.60. The third-order valence-electron chi connectivity index (χ3n) is 5.18. The molecule has 5 nitrogen and oxygen atoms in total. The molecule has 1 heterocycles. The smallest absolute Gasteiger partial charge is 0.248 e. The first-order valence-electron chi connectivity index (χ1n) is 9.46. The van der Waals surface area contributed by atoms with Crippen LogP contribution in [-0.4, -0.2) is 33.2 Å². The van der Waals surface area contributed by atoms with Gasteiger partial charge in [-0.3, -0.25) is 9.10 Å². The maximum atomic E-state index is 13.1. The van der Waals surface area contributed by atoms with Crippen LogP contribution in [0.2, 0.25) is 0 Å². The Morgan fingerprint density at radius 1 is 1.11 bits per heavy atom. The van der Waals surface area contributed by atoms with E-state index in [4.69, 9.17) is 0 Å². The minimum absolute atomic E-state index is 0.00887. The number of nitrogens with zero attached hydrogens (tertiary/aromatic N) is 2. The Hall–Kier alpha value is -2.34. The Labute approximate surface area is 168 Å². The van der Waals surface area contributed by atoms with Gasteiger partial charge in [-0.05, 0) is 48.1 Å². The van der Waals surface area contributed by atoms with Crippen LogP contribution in [0, 0.1) is 0 Å². The fraction of sp³-hybridized carbons (Fsp3) is 0.409. The minimum Gasteiger partial charge on any atom is -0.307 e. The van der Waals surface area contributed by atoms with Gasteiger partial charge in [0.1, 0.15) is 6.54 Å². The summed E-state index contributed by atoms with van der Waals surface area (Å²) >= 11 is 0. The number of fused-ring (bicyclic) bond motifs is 1. The summed E-state index contributed by atoms with van der Waals surface area (Å²) in [5, 5.41) is 0. The van der Waals surface area contributed by atoms with Crippen molar-refractivity contribution >= 4 is 27.3 Å². The predicted molar refractivity (Wildman–Crippen MR) is 114 cm³/mol. The van der Waals surface area contributed by atoms with Crippen LogP contribution in [0.1, 0.15) is 38.8 Å². The highest BCUT2D eigenvalue weighted by atomic mass is 32.2. The van der Waals surface area contributed by atoms with Crippen LogP contribution in [0.5, 0.6) is 0 Å². The van der Waals surface area contributed by atoms with Gasteiger partial charge in [0.15, 0.2) is 0 Å². The van der Waals surface area contributed by atoms with E-state index in [1.165, 1.54) is 4.31 Å². The SMILES string of the molecule is CC1Cc2ccccc2N1C(=O)CN(c1ccc(C(C)(C)C)cc1)S(C)(=O)=O. The molecule has 0 bridgehead atoms. The van der Waals surface area contributed by atoms with Gasteiger partial charge in [0.25, 0.3) is 0 Å². The molecule has 0 saturated heterocycles.